The number of hydrogen-bond donors (Lipinski definition) is 2. The highest BCUT2D eigenvalue weighted by Crippen LogP contribution is 2.23. The highest BCUT2D eigenvalue weighted by molar-refractivity contribution is 5.51. The van der Waals surface area contributed by atoms with E-state index in [-0.39, 0.29) is 6.04 Å². The van der Waals surface area contributed by atoms with Crippen molar-refractivity contribution >= 4 is 11.4 Å². The van der Waals surface area contributed by atoms with Gasteiger partial charge in [0.05, 0.1) is 17.3 Å². The van der Waals surface area contributed by atoms with Crippen LogP contribution in [0.2, 0.25) is 0 Å². The first-order valence-electron chi connectivity index (χ1n) is 5.92. The van der Waals surface area contributed by atoms with Gasteiger partial charge in [0.2, 0.25) is 0 Å². The van der Waals surface area contributed by atoms with Gasteiger partial charge in [-0.15, -0.1) is 0 Å². The fourth-order valence-corrected chi connectivity index (χ4v) is 1.85. The number of nitriles is 1. The number of nitrogen functional groups attached to an aromatic ring is 1. The summed E-state index contributed by atoms with van der Waals surface area (Å²) < 4.78 is 13.8. The fourth-order valence-electron chi connectivity index (χ4n) is 1.85. The minimum Gasteiger partial charge on any atom is -0.399 e. The van der Waals surface area contributed by atoms with Gasteiger partial charge in [-0.25, -0.2) is 4.39 Å². The highest BCUT2D eigenvalue weighted by atomic mass is 19.1. The average Bonchev–Trinajstić information content (AvgIpc) is 2.41. The van der Waals surface area contributed by atoms with Crippen LogP contribution in [0.15, 0.2) is 42.5 Å². The van der Waals surface area contributed by atoms with Gasteiger partial charge in [-0.05, 0) is 42.8 Å². The zero-order valence-electron chi connectivity index (χ0n) is 10.5. The van der Waals surface area contributed by atoms with Crippen LogP contribution >= 0.6 is 0 Å². The first-order chi connectivity index (χ1) is 9.10. The van der Waals surface area contributed by atoms with Crippen molar-refractivity contribution in [2.75, 3.05) is 11.1 Å². The van der Waals surface area contributed by atoms with E-state index in [0.717, 1.165) is 5.56 Å². The van der Waals surface area contributed by atoms with Crippen molar-refractivity contribution in [3.8, 4) is 6.07 Å². The molecule has 0 aromatic heterocycles. The van der Waals surface area contributed by atoms with Crippen molar-refractivity contribution in [3.63, 3.8) is 0 Å². The quantitative estimate of drug-likeness (QED) is 0.826. The maximum Gasteiger partial charge on any atom is 0.147 e. The highest BCUT2D eigenvalue weighted by Gasteiger charge is 2.09. The molecule has 0 aliphatic rings. The molecular weight excluding hydrogens is 241 g/mol. The van der Waals surface area contributed by atoms with Gasteiger partial charge in [-0.3, -0.25) is 0 Å². The van der Waals surface area contributed by atoms with Crippen molar-refractivity contribution in [2.45, 2.75) is 13.0 Å². The van der Waals surface area contributed by atoms with Crippen molar-refractivity contribution in [3.05, 3.63) is 59.4 Å². The molecule has 1 unspecified atom stereocenters. The van der Waals surface area contributed by atoms with Crippen molar-refractivity contribution in [1.82, 2.24) is 0 Å². The SMILES string of the molecule is CC(Nc1ccc(C#N)cc1F)c1cccc(N)c1. The van der Waals surface area contributed by atoms with Crippen LogP contribution in [0.25, 0.3) is 0 Å². The molecule has 0 amide bonds. The van der Waals surface area contributed by atoms with E-state index >= 15 is 0 Å². The molecule has 0 aliphatic carbocycles. The molecule has 0 spiro atoms. The smallest absolute Gasteiger partial charge is 0.147 e. The number of hydrogen-bond acceptors (Lipinski definition) is 3. The largest absolute Gasteiger partial charge is 0.399 e. The van der Waals surface area contributed by atoms with Gasteiger partial charge in [-0.1, -0.05) is 12.1 Å². The van der Waals surface area contributed by atoms with Gasteiger partial charge in [0.15, 0.2) is 0 Å². The number of benzene rings is 2. The van der Waals surface area contributed by atoms with Crippen LogP contribution in [0.4, 0.5) is 15.8 Å². The molecule has 0 fully saturated rings. The molecule has 0 saturated carbocycles. The predicted octanol–water partition coefficient (Wildman–Crippen LogP) is 3.45. The van der Waals surface area contributed by atoms with Crippen LogP contribution in [0.3, 0.4) is 0 Å². The lowest BCUT2D eigenvalue weighted by atomic mass is 10.1. The van der Waals surface area contributed by atoms with Crippen LogP contribution in [-0.2, 0) is 0 Å². The maximum atomic E-state index is 13.8. The maximum absolute atomic E-state index is 13.8. The van der Waals surface area contributed by atoms with Crippen LogP contribution in [-0.4, -0.2) is 0 Å². The van der Waals surface area contributed by atoms with Crippen molar-refractivity contribution < 1.29 is 4.39 Å². The predicted molar refractivity (Wildman–Crippen MR) is 74.0 cm³/mol. The topological polar surface area (TPSA) is 61.8 Å². The van der Waals surface area contributed by atoms with Gasteiger partial charge < -0.3 is 11.1 Å². The van der Waals surface area contributed by atoms with Gasteiger partial charge in [-0.2, -0.15) is 5.26 Å². The zero-order valence-corrected chi connectivity index (χ0v) is 10.5. The number of halogens is 1. The van der Waals surface area contributed by atoms with Crippen LogP contribution < -0.4 is 11.1 Å². The van der Waals surface area contributed by atoms with Crippen LogP contribution in [0, 0.1) is 17.1 Å². The molecule has 0 saturated heterocycles. The summed E-state index contributed by atoms with van der Waals surface area (Å²) in [4.78, 5) is 0. The lowest BCUT2D eigenvalue weighted by Gasteiger charge is -2.16. The van der Waals surface area contributed by atoms with E-state index in [0.29, 0.717) is 16.9 Å². The molecule has 3 nitrogen and oxygen atoms in total. The molecule has 0 heterocycles. The lowest BCUT2D eigenvalue weighted by molar-refractivity contribution is 0.627. The molecule has 1 atom stereocenters. The Morgan fingerprint density at radius 1 is 1.26 bits per heavy atom. The van der Waals surface area contributed by atoms with E-state index in [1.165, 1.54) is 6.07 Å². The van der Waals surface area contributed by atoms with Gasteiger partial charge >= 0.3 is 0 Å². The normalized spacial score (nSPS) is 11.6. The average molecular weight is 255 g/mol. The second-order valence-corrected chi connectivity index (χ2v) is 4.34. The molecule has 2 aromatic carbocycles. The Kier molecular flexibility index (Phi) is 3.67. The Morgan fingerprint density at radius 3 is 2.68 bits per heavy atom. The molecule has 96 valence electrons. The first-order valence-corrected chi connectivity index (χ1v) is 5.92. The van der Waals surface area contributed by atoms with E-state index in [1.807, 2.05) is 31.2 Å². The standard InChI is InChI=1S/C15H14FN3/c1-10(12-3-2-4-13(18)8-12)19-15-6-5-11(9-17)7-14(15)16/h2-8,10,19H,18H2,1H3. The van der Waals surface area contributed by atoms with Gasteiger partial charge in [0, 0.05) is 11.7 Å². The molecule has 19 heavy (non-hydrogen) atoms. The molecule has 0 radical (unpaired) electrons. The molecule has 2 rings (SSSR count). The van der Waals surface area contributed by atoms with Crippen molar-refractivity contribution in [2.24, 2.45) is 0 Å². The third kappa shape index (κ3) is 3.02. The van der Waals surface area contributed by atoms with Crippen molar-refractivity contribution in [1.29, 1.82) is 5.26 Å². The van der Waals surface area contributed by atoms with E-state index in [1.54, 1.807) is 18.2 Å². The molecular formula is C15H14FN3. The molecule has 0 bridgehead atoms. The van der Waals surface area contributed by atoms with Crippen LogP contribution in [0.1, 0.15) is 24.1 Å². The number of nitrogens with one attached hydrogen (secondary N) is 1. The minimum absolute atomic E-state index is 0.0778. The Balaban J connectivity index is 2.20. The third-order valence-electron chi connectivity index (χ3n) is 2.88. The fraction of sp³-hybridized carbons (Fsp3) is 0.133. The van der Waals surface area contributed by atoms with Gasteiger partial charge in [0.1, 0.15) is 5.82 Å². The zero-order chi connectivity index (χ0) is 13.8. The second kappa shape index (κ2) is 5.40. The summed E-state index contributed by atoms with van der Waals surface area (Å²) >= 11 is 0. The summed E-state index contributed by atoms with van der Waals surface area (Å²) in [5, 5.41) is 11.8. The summed E-state index contributed by atoms with van der Waals surface area (Å²) in [7, 11) is 0. The minimum atomic E-state index is -0.435. The molecule has 2 aromatic rings. The number of nitrogens with zero attached hydrogens (tertiary/aromatic N) is 1. The van der Waals surface area contributed by atoms with E-state index in [2.05, 4.69) is 5.32 Å². The number of nitrogens with two attached hydrogens (primary N) is 1. The summed E-state index contributed by atoms with van der Waals surface area (Å²) in [6.45, 7) is 1.92. The summed E-state index contributed by atoms with van der Waals surface area (Å²) in [5.74, 6) is -0.435. The summed E-state index contributed by atoms with van der Waals surface area (Å²) in [6.07, 6.45) is 0. The molecule has 0 aliphatic heterocycles. The van der Waals surface area contributed by atoms with E-state index in [9.17, 15) is 4.39 Å². The Labute approximate surface area is 111 Å². The first kappa shape index (κ1) is 12.9. The summed E-state index contributed by atoms with van der Waals surface area (Å²) in [5.41, 5.74) is 8.04. The van der Waals surface area contributed by atoms with Gasteiger partial charge in [0.25, 0.3) is 0 Å². The van der Waals surface area contributed by atoms with E-state index < -0.39 is 5.82 Å². The number of anilines is 2. The second-order valence-electron chi connectivity index (χ2n) is 4.34. The number of rotatable bonds is 3. The Hall–Kier alpha value is -2.54. The third-order valence-corrected chi connectivity index (χ3v) is 2.88. The Morgan fingerprint density at radius 2 is 2.05 bits per heavy atom. The van der Waals surface area contributed by atoms with Crippen LogP contribution in [0.5, 0.6) is 0 Å². The van der Waals surface area contributed by atoms with E-state index in [4.69, 9.17) is 11.0 Å². The Bertz CT molecular complexity index is 632. The lowest BCUT2D eigenvalue weighted by Crippen LogP contribution is -2.08. The molecule has 4 heteroatoms. The monoisotopic (exact) mass is 255 g/mol. The summed E-state index contributed by atoms with van der Waals surface area (Å²) in [6, 6.07) is 13.6. The molecule has 3 N–H and O–H groups in total.